The van der Waals surface area contributed by atoms with Crippen molar-refractivity contribution in [2.45, 2.75) is 12.5 Å². The van der Waals surface area contributed by atoms with E-state index < -0.39 is 6.10 Å². The smallest absolute Gasteiger partial charge is 0.227 e. The number of rotatable bonds is 0. The molecule has 1 atom stereocenters. The number of hydrogen-bond donors (Lipinski definition) is 4. The summed E-state index contributed by atoms with van der Waals surface area (Å²) < 4.78 is 0. The normalized spacial score (nSPS) is 23.3. The summed E-state index contributed by atoms with van der Waals surface area (Å²) in [6.07, 6.45) is -0.615. The molecule has 1 rings (SSSR count). The van der Waals surface area contributed by atoms with Gasteiger partial charge in [0, 0.05) is 0 Å². The molecule has 1 fully saturated rings. The van der Waals surface area contributed by atoms with Gasteiger partial charge in [-0.25, -0.2) is 0 Å². The van der Waals surface area contributed by atoms with Crippen molar-refractivity contribution in [3.63, 3.8) is 0 Å². The second-order valence-electron chi connectivity index (χ2n) is 1.63. The highest BCUT2D eigenvalue weighted by atomic mass is 32.1. The number of hydrogen-bond acceptors (Lipinski definition) is 5. The van der Waals surface area contributed by atoms with E-state index in [2.05, 4.69) is 29.2 Å². The lowest BCUT2D eigenvalue weighted by Gasteiger charge is -1.92. The lowest BCUT2D eigenvalue weighted by Crippen LogP contribution is -2.21. The van der Waals surface area contributed by atoms with E-state index in [9.17, 15) is 4.79 Å². The Morgan fingerprint density at radius 1 is 1.70 bits per heavy atom. The lowest BCUT2D eigenvalue weighted by molar-refractivity contribution is -0.119. The van der Waals surface area contributed by atoms with Gasteiger partial charge in [-0.1, -0.05) is 12.2 Å². The van der Waals surface area contributed by atoms with E-state index in [-0.39, 0.29) is 17.3 Å². The molecule has 5 nitrogen and oxygen atoms in total. The number of carbonyl (C=O) groups is 1. The van der Waals surface area contributed by atoms with Gasteiger partial charge in [-0.2, -0.15) is 0 Å². The number of hydrazine groups is 1. The molecular weight excluding hydrogens is 154 g/mol. The minimum absolute atomic E-state index is 0.124. The van der Waals surface area contributed by atoms with Crippen LogP contribution in [0, 0.1) is 0 Å². The minimum Gasteiger partial charge on any atom is -0.385 e. The van der Waals surface area contributed by atoms with Crippen molar-refractivity contribution in [1.82, 2.24) is 5.32 Å². The van der Waals surface area contributed by atoms with E-state index in [0.29, 0.717) is 0 Å². The Hall–Kier alpha value is -0.560. The van der Waals surface area contributed by atoms with Crippen molar-refractivity contribution in [3.8, 4) is 0 Å². The highest BCUT2D eigenvalue weighted by Gasteiger charge is 2.23. The van der Waals surface area contributed by atoms with Crippen LogP contribution in [0.4, 0.5) is 0 Å². The Kier molecular flexibility index (Phi) is 4.05. The largest absolute Gasteiger partial charge is 0.385 e. The topological polar surface area (TPSA) is 101 Å². The molecular formula is C4H9N3O2S. The summed E-state index contributed by atoms with van der Waals surface area (Å²) in [5.74, 6) is 7.81. The molecule has 6 heteroatoms. The Labute approximate surface area is 63.3 Å². The quantitative estimate of drug-likeness (QED) is 0.188. The summed E-state index contributed by atoms with van der Waals surface area (Å²) >= 11 is 4.54. The first-order valence-corrected chi connectivity index (χ1v) is 2.96. The molecule has 1 aliphatic rings. The van der Waals surface area contributed by atoms with Crippen LogP contribution in [0.1, 0.15) is 6.42 Å². The van der Waals surface area contributed by atoms with E-state index in [1.807, 2.05) is 0 Å². The van der Waals surface area contributed by atoms with Crippen molar-refractivity contribution in [2.24, 2.45) is 11.7 Å². The average Bonchev–Trinajstić information content (AvgIpc) is 2.16. The summed E-state index contributed by atoms with van der Waals surface area (Å²) in [7, 11) is 0. The van der Waals surface area contributed by atoms with Crippen LogP contribution < -0.4 is 17.0 Å². The summed E-state index contributed by atoms with van der Waals surface area (Å²) in [5, 5.41) is 11.1. The summed E-state index contributed by atoms with van der Waals surface area (Å²) in [6, 6.07) is 0. The van der Waals surface area contributed by atoms with Crippen LogP contribution >= 0.6 is 12.2 Å². The molecule has 0 spiro atoms. The number of amides is 1. The van der Waals surface area contributed by atoms with Crippen LogP contribution in [-0.4, -0.2) is 22.1 Å². The van der Waals surface area contributed by atoms with E-state index in [1.54, 1.807) is 0 Å². The van der Waals surface area contributed by atoms with Crippen LogP contribution in [-0.2, 0) is 4.79 Å². The van der Waals surface area contributed by atoms with Crippen molar-refractivity contribution in [1.29, 1.82) is 0 Å². The molecule has 1 heterocycles. The van der Waals surface area contributed by atoms with Crippen molar-refractivity contribution >= 4 is 23.1 Å². The van der Waals surface area contributed by atoms with Crippen LogP contribution in [0.3, 0.4) is 0 Å². The van der Waals surface area contributed by atoms with Gasteiger partial charge in [-0.3, -0.25) is 16.5 Å². The average molecular weight is 163 g/mol. The summed E-state index contributed by atoms with van der Waals surface area (Å²) in [5.41, 5.74) is 0. The van der Waals surface area contributed by atoms with Gasteiger partial charge in [-0.05, 0) is 0 Å². The number of aliphatic hydroxyl groups is 1. The standard InChI is InChI=1S/C4H5NO2S.H4N2/c6-2-1-3(7)5-4(2)8;1-2/h2,6H,1H2,(H,5,7,8);1-2H2. The third kappa shape index (κ3) is 2.36. The monoisotopic (exact) mass is 163 g/mol. The number of nitrogens with one attached hydrogen (secondary N) is 1. The molecule has 0 aromatic rings. The first-order chi connectivity index (χ1) is 4.70. The highest BCUT2D eigenvalue weighted by Crippen LogP contribution is 2.00. The van der Waals surface area contributed by atoms with Gasteiger partial charge in [0.25, 0.3) is 0 Å². The van der Waals surface area contributed by atoms with Crippen molar-refractivity contribution in [2.75, 3.05) is 0 Å². The predicted octanol–water partition coefficient (Wildman–Crippen LogP) is -1.99. The van der Waals surface area contributed by atoms with E-state index in [1.165, 1.54) is 0 Å². The zero-order chi connectivity index (χ0) is 8.15. The fraction of sp³-hybridized carbons (Fsp3) is 0.500. The third-order valence-corrected chi connectivity index (χ3v) is 1.32. The van der Waals surface area contributed by atoms with E-state index >= 15 is 0 Å². The molecule has 0 saturated carbocycles. The van der Waals surface area contributed by atoms with Gasteiger partial charge in [0.05, 0.1) is 6.42 Å². The second-order valence-corrected chi connectivity index (χ2v) is 2.07. The molecule has 6 N–H and O–H groups in total. The first kappa shape index (κ1) is 9.44. The van der Waals surface area contributed by atoms with Crippen molar-refractivity contribution < 1.29 is 9.90 Å². The van der Waals surface area contributed by atoms with E-state index in [0.717, 1.165) is 0 Å². The molecule has 0 radical (unpaired) electrons. The van der Waals surface area contributed by atoms with Gasteiger partial charge in [0.15, 0.2) is 0 Å². The number of aliphatic hydroxyl groups excluding tert-OH is 1. The van der Waals surface area contributed by atoms with Gasteiger partial charge >= 0.3 is 0 Å². The maximum absolute atomic E-state index is 10.3. The van der Waals surface area contributed by atoms with Crippen LogP contribution in [0.2, 0.25) is 0 Å². The number of carbonyl (C=O) groups excluding carboxylic acids is 1. The zero-order valence-electron chi connectivity index (χ0n) is 5.20. The van der Waals surface area contributed by atoms with Crippen molar-refractivity contribution in [3.05, 3.63) is 0 Å². The molecule has 1 amide bonds. The molecule has 0 aromatic carbocycles. The first-order valence-electron chi connectivity index (χ1n) is 2.55. The number of nitrogens with two attached hydrogens (primary N) is 2. The number of thiocarbonyl (C=S) groups is 1. The maximum atomic E-state index is 10.3. The predicted molar refractivity (Wildman–Crippen MR) is 39.7 cm³/mol. The third-order valence-electron chi connectivity index (χ3n) is 0.944. The Morgan fingerprint density at radius 2 is 2.20 bits per heavy atom. The Morgan fingerprint density at radius 3 is 2.30 bits per heavy atom. The maximum Gasteiger partial charge on any atom is 0.227 e. The minimum atomic E-state index is -0.738. The molecule has 10 heavy (non-hydrogen) atoms. The zero-order valence-corrected chi connectivity index (χ0v) is 6.02. The lowest BCUT2D eigenvalue weighted by atomic mass is 10.3. The molecule has 1 saturated heterocycles. The molecule has 58 valence electrons. The van der Waals surface area contributed by atoms with Crippen LogP contribution in [0.5, 0.6) is 0 Å². The molecule has 1 aliphatic heterocycles. The summed E-state index contributed by atoms with van der Waals surface area (Å²) in [6.45, 7) is 0. The molecule has 0 aromatic heterocycles. The molecule has 1 unspecified atom stereocenters. The SMILES string of the molecule is NN.O=C1CC(O)C(=S)N1. The van der Waals surface area contributed by atoms with Gasteiger partial charge in [0.1, 0.15) is 11.1 Å². The van der Waals surface area contributed by atoms with Gasteiger partial charge in [0.2, 0.25) is 5.91 Å². The summed E-state index contributed by atoms with van der Waals surface area (Å²) in [4.78, 5) is 10.6. The molecule has 0 aliphatic carbocycles. The Bertz CT molecular complexity index is 149. The fourth-order valence-electron chi connectivity index (χ4n) is 0.540. The highest BCUT2D eigenvalue weighted by molar-refractivity contribution is 7.80. The Balaban J connectivity index is 0.000000371. The van der Waals surface area contributed by atoms with E-state index in [4.69, 9.17) is 5.11 Å². The van der Waals surface area contributed by atoms with Gasteiger partial charge in [-0.15, -0.1) is 0 Å². The molecule has 0 bridgehead atoms. The van der Waals surface area contributed by atoms with Gasteiger partial charge < -0.3 is 10.4 Å². The fourth-order valence-corrected chi connectivity index (χ4v) is 0.737. The second kappa shape index (κ2) is 4.29. The van der Waals surface area contributed by atoms with Crippen LogP contribution in [0.25, 0.3) is 0 Å². The van der Waals surface area contributed by atoms with Crippen LogP contribution in [0.15, 0.2) is 0 Å².